The minimum absolute atomic E-state index is 0.180. The minimum Gasteiger partial charge on any atom is -0.283 e. The lowest BCUT2D eigenvalue weighted by Crippen LogP contribution is -2.28. The van der Waals surface area contributed by atoms with Crippen LogP contribution >= 0.6 is 0 Å². The third-order valence-electron chi connectivity index (χ3n) is 6.55. The van der Waals surface area contributed by atoms with Gasteiger partial charge >= 0.3 is 0 Å². The molecule has 1 saturated carbocycles. The van der Waals surface area contributed by atoms with Crippen LogP contribution in [0.2, 0.25) is 0 Å². The molecule has 5 aromatic rings. The normalized spacial score (nSPS) is 14.5. The van der Waals surface area contributed by atoms with Crippen molar-refractivity contribution < 1.29 is 17.2 Å². The Bertz CT molecular complexity index is 1730. The third-order valence-corrected chi connectivity index (χ3v) is 7.16. The van der Waals surface area contributed by atoms with Crippen LogP contribution < -0.4 is 4.72 Å². The first-order chi connectivity index (χ1) is 17.8. The van der Waals surface area contributed by atoms with Gasteiger partial charge in [0.15, 0.2) is 0 Å². The predicted octanol–water partition coefficient (Wildman–Crippen LogP) is 3.75. The molecule has 0 aliphatic heterocycles. The van der Waals surface area contributed by atoms with Crippen LogP contribution in [-0.4, -0.2) is 37.9 Å². The van der Waals surface area contributed by atoms with E-state index in [4.69, 9.17) is 4.98 Å². The molecule has 3 heterocycles. The lowest BCUT2D eigenvalue weighted by atomic mass is 10.0. The van der Waals surface area contributed by atoms with Crippen molar-refractivity contribution in [2.75, 3.05) is 0 Å². The summed E-state index contributed by atoms with van der Waals surface area (Å²) in [5, 5.41) is 8.29. The van der Waals surface area contributed by atoms with Crippen LogP contribution in [0.1, 0.15) is 25.5 Å². The third kappa shape index (κ3) is 4.27. The van der Waals surface area contributed by atoms with Gasteiger partial charge in [-0.15, -0.1) is 5.10 Å². The topological polar surface area (TPSA) is 108 Å². The quantitative estimate of drug-likeness (QED) is 0.316. The van der Waals surface area contributed by atoms with Crippen molar-refractivity contribution in [3.8, 4) is 28.2 Å². The van der Waals surface area contributed by atoms with Gasteiger partial charge in [-0.2, -0.15) is 0 Å². The first-order valence-corrected chi connectivity index (χ1v) is 12.8. The van der Waals surface area contributed by atoms with Crippen LogP contribution in [0.4, 0.5) is 8.78 Å². The summed E-state index contributed by atoms with van der Waals surface area (Å²) < 4.78 is 57.4. The van der Waals surface area contributed by atoms with Crippen molar-refractivity contribution in [1.29, 1.82) is 0 Å². The van der Waals surface area contributed by atoms with Crippen LogP contribution in [0.3, 0.4) is 0 Å². The summed E-state index contributed by atoms with van der Waals surface area (Å²) in [5.74, 6) is -0.983. The molecule has 0 spiro atoms. The van der Waals surface area contributed by atoms with Gasteiger partial charge in [-0.05, 0) is 61.7 Å². The van der Waals surface area contributed by atoms with Crippen LogP contribution in [-0.2, 0) is 23.0 Å². The largest absolute Gasteiger partial charge is 0.283 e. The molecule has 0 bridgehead atoms. The summed E-state index contributed by atoms with van der Waals surface area (Å²) in [4.78, 5) is 9.28. The highest BCUT2D eigenvalue weighted by atomic mass is 32.2. The van der Waals surface area contributed by atoms with E-state index in [-0.39, 0.29) is 5.56 Å². The number of halogens is 2. The molecular weight excluding hydrogens is 500 g/mol. The molecule has 0 radical (unpaired) electrons. The summed E-state index contributed by atoms with van der Waals surface area (Å²) in [7, 11) is -2.88. The van der Waals surface area contributed by atoms with Gasteiger partial charge in [0.2, 0.25) is 10.9 Å². The SMILES string of the molecule is CCn1cc(-c2ccc3c(c2)ncn3-c2cc(-c3ccc(F)cc3F)cc(C3(N[SH](=O)=O)CC3)n2)nn1. The Kier molecular flexibility index (Phi) is 5.57. The van der Waals surface area contributed by atoms with Crippen molar-refractivity contribution in [3.63, 3.8) is 0 Å². The van der Waals surface area contributed by atoms with E-state index in [1.165, 1.54) is 12.1 Å². The molecule has 6 rings (SSSR count). The van der Waals surface area contributed by atoms with Gasteiger partial charge < -0.3 is 0 Å². The lowest BCUT2D eigenvalue weighted by molar-refractivity contribution is 0.564. The number of aryl methyl sites for hydroxylation is 1. The van der Waals surface area contributed by atoms with E-state index in [0.29, 0.717) is 42.0 Å². The monoisotopic (exact) mass is 521 g/mol. The lowest BCUT2D eigenvalue weighted by Gasteiger charge is -2.17. The number of nitrogens with one attached hydrogen (secondary N) is 1. The fourth-order valence-electron chi connectivity index (χ4n) is 4.43. The highest BCUT2D eigenvalue weighted by Gasteiger charge is 2.47. The summed E-state index contributed by atoms with van der Waals surface area (Å²) in [6.45, 7) is 2.69. The number of hydrogen-bond donors (Lipinski definition) is 2. The van der Waals surface area contributed by atoms with Gasteiger partial charge in [0, 0.05) is 23.7 Å². The van der Waals surface area contributed by atoms with E-state index in [1.54, 1.807) is 27.7 Å². The molecule has 2 aromatic carbocycles. The smallest absolute Gasteiger partial charge is 0.202 e. The zero-order valence-corrected chi connectivity index (χ0v) is 20.5. The van der Waals surface area contributed by atoms with Crippen molar-refractivity contribution in [1.82, 2.24) is 34.3 Å². The second-order valence-corrected chi connectivity index (χ2v) is 9.69. The number of imidazole rings is 1. The molecule has 0 amide bonds. The van der Waals surface area contributed by atoms with Crippen molar-refractivity contribution >= 4 is 21.9 Å². The average Bonchev–Trinajstić information content (AvgIpc) is 3.30. The summed E-state index contributed by atoms with van der Waals surface area (Å²) in [6, 6.07) is 12.4. The summed E-state index contributed by atoms with van der Waals surface area (Å²) >= 11 is 0. The molecule has 1 fully saturated rings. The van der Waals surface area contributed by atoms with E-state index in [9.17, 15) is 17.2 Å². The maximum atomic E-state index is 14.7. The second kappa shape index (κ2) is 8.82. The van der Waals surface area contributed by atoms with E-state index < -0.39 is 28.1 Å². The van der Waals surface area contributed by atoms with Crippen LogP contribution in [0.5, 0.6) is 0 Å². The fourth-order valence-corrected chi connectivity index (χ4v) is 5.12. The number of benzene rings is 2. The number of hydrogen-bond acceptors (Lipinski definition) is 6. The highest BCUT2D eigenvalue weighted by Crippen LogP contribution is 2.46. The van der Waals surface area contributed by atoms with Crippen molar-refractivity contribution in [3.05, 3.63) is 78.4 Å². The Hall–Kier alpha value is -4.03. The van der Waals surface area contributed by atoms with Gasteiger partial charge in [-0.25, -0.2) is 31.9 Å². The number of fused-ring (bicyclic) bond motifs is 1. The van der Waals surface area contributed by atoms with Crippen molar-refractivity contribution in [2.24, 2.45) is 0 Å². The molecule has 37 heavy (non-hydrogen) atoms. The minimum atomic E-state index is -2.88. The average molecular weight is 522 g/mol. The van der Waals surface area contributed by atoms with E-state index in [0.717, 1.165) is 22.8 Å². The number of nitrogens with zero attached hydrogens (tertiary/aromatic N) is 6. The summed E-state index contributed by atoms with van der Waals surface area (Å²) in [5.41, 5.74) is 3.24. The fraction of sp³-hybridized carbons (Fsp3) is 0.200. The second-order valence-electron chi connectivity index (χ2n) is 8.95. The first kappa shape index (κ1) is 23.4. The van der Waals surface area contributed by atoms with E-state index >= 15 is 0 Å². The summed E-state index contributed by atoms with van der Waals surface area (Å²) in [6.07, 6.45) is 4.58. The van der Waals surface area contributed by atoms with Gasteiger partial charge in [0.05, 0.1) is 28.5 Å². The number of aromatic nitrogens is 6. The Morgan fingerprint density at radius 2 is 1.89 bits per heavy atom. The molecule has 0 unspecified atom stereocenters. The molecule has 9 nitrogen and oxygen atoms in total. The predicted molar refractivity (Wildman–Crippen MR) is 133 cm³/mol. The molecule has 0 atom stereocenters. The molecule has 1 aliphatic rings. The Labute approximate surface area is 211 Å². The number of pyridine rings is 1. The van der Waals surface area contributed by atoms with E-state index in [2.05, 4.69) is 20.0 Å². The van der Waals surface area contributed by atoms with Crippen LogP contribution in [0, 0.1) is 11.6 Å². The zero-order valence-electron chi connectivity index (χ0n) is 19.6. The molecule has 1 N–H and O–H groups in total. The number of thiol groups is 1. The van der Waals surface area contributed by atoms with Gasteiger partial charge in [0.1, 0.15) is 29.5 Å². The standard InChI is InChI=1S/C25H21F2N7O2S/c1-2-33-13-21(30-32-33)15-3-6-22-20(9-15)28-14-34(22)24-11-16(18-5-4-17(26)12-19(18)27)10-23(29-24)25(7-8-25)31-37(35)36/h3-6,9-14,37H,2,7-8H2,1H3,(H,31,35,36). The molecule has 3 aromatic heterocycles. The number of rotatable bonds is 7. The van der Waals surface area contributed by atoms with E-state index in [1.807, 2.05) is 31.3 Å². The van der Waals surface area contributed by atoms with Gasteiger partial charge in [-0.3, -0.25) is 9.25 Å². The molecular formula is C25H21F2N7O2S. The van der Waals surface area contributed by atoms with Gasteiger partial charge in [-0.1, -0.05) is 11.3 Å². The zero-order chi connectivity index (χ0) is 25.7. The Morgan fingerprint density at radius 3 is 2.59 bits per heavy atom. The maximum absolute atomic E-state index is 14.7. The molecule has 1 aliphatic carbocycles. The first-order valence-electron chi connectivity index (χ1n) is 11.6. The van der Waals surface area contributed by atoms with Gasteiger partial charge in [0.25, 0.3) is 0 Å². The van der Waals surface area contributed by atoms with Crippen LogP contribution in [0.15, 0.2) is 61.1 Å². The highest BCUT2D eigenvalue weighted by molar-refractivity contribution is 7.70. The van der Waals surface area contributed by atoms with Crippen molar-refractivity contribution in [2.45, 2.75) is 31.8 Å². The Morgan fingerprint density at radius 1 is 1.05 bits per heavy atom. The molecule has 0 saturated heterocycles. The molecule has 188 valence electrons. The maximum Gasteiger partial charge on any atom is 0.202 e. The van der Waals surface area contributed by atoms with Crippen LogP contribution in [0.25, 0.3) is 39.2 Å². The Balaban J connectivity index is 1.49. The molecule has 12 heteroatoms.